The van der Waals surface area contributed by atoms with E-state index in [2.05, 4.69) is 46.4 Å². The van der Waals surface area contributed by atoms with Gasteiger partial charge < -0.3 is 4.57 Å². The zero-order chi connectivity index (χ0) is 14.4. The van der Waals surface area contributed by atoms with Crippen molar-refractivity contribution in [2.75, 3.05) is 0 Å². The van der Waals surface area contributed by atoms with E-state index in [4.69, 9.17) is 5.10 Å². The first-order valence-electron chi connectivity index (χ1n) is 6.77. The Bertz CT molecular complexity index is 915. The fourth-order valence-electron chi connectivity index (χ4n) is 2.59. The van der Waals surface area contributed by atoms with Crippen LogP contribution in [0.5, 0.6) is 0 Å². The molecule has 0 aromatic carbocycles. The maximum atomic E-state index is 4.72. The summed E-state index contributed by atoms with van der Waals surface area (Å²) in [4.78, 5) is 5.72. The Kier molecular flexibility index (Phi) is 2.68. The highest BCUT2D eigenvalue weighted by molar-refractivity contribution is 7.14. The molecule has 4 rings (SSSR count). The Hall–Kier alpha value is -2.40. The molecule has 5 heteroatoms. The third-order valence-corrected chi connectivity index (χ3v) is 4.42. The van der Waals surface area contributed by atoms with Gasteiger partial charge in [0, 0.05) is 29.8 Å². The van der Waals surface area contributed by atoms with Crippen molar-refractivity contribution in [2.24, 2.45) is 0 Å². The van der Waals surface area contributed by atoms with Gasteiger partial charge >= 0.3 is 0 Å². The van der Waals surface area contributed by atoms with Crippen LogP contribution in [0.1, 0.15) is 11.4 Å². The maximum absolute atomic E-state index is 4.72. The summed E-state index contributed by atoms with van der Waals surface area (Å²) in [5, 5.41) is 6.82. The Morgan fingerprint density at radius 3 is 2.71 bits per heavy atom. The number of aromatic nitrogens is 4. The monoisotopic (exact) mass is 294 g/mol. The van der Waals surface area contributed by atoms with Crippen molar-refractivity contribution in [1.29, 1.82) is 0 Å². The smallest absolute Gasteiger partial charge is 0.156 e. The normalized spacial score (nSPS) is 11.3. The van der Waals surface area contributed by atoms with Crippen molar-refractivity contribution in [1.82, 2.24) is 19.2 Å². The van der Waals surface area contributed by atoms with Crippen LogP contribution in [0.2, 0.25) is 0 Å². The highest BCUT2D eigenvalue weighted by atomic mass is 32.1. The molecule has 21 heavy (non-hydrogen) atoms. The van der Waals surface area contributed by atoms with E-state index in [9.17, 15) is 0 Å². The second-order valence-electron chi connectivity index (χ2n) is 5.06. The maximum Gasteiger partial charge on any atom is 0.156 e. The van der Waals surface area contributed by atoms with Crippen LogP contribution in [0.3, 0.4) is 0 Å². The van der Waals surface area contributed by atoms with E-state index >= 15 is 0 Å². The number of thiophene rings is 1. The summed E-state index contributed by atoms with van der Waals surface area (Å²) >= 11 is 1.70. The van der Waals surface area contributed by atoms with Gasteiger partial charge in [-0.25, -0.2) is 9.50 Å². The first-order chi connectivity index (χ1) is 10.2. The van der Waals surface area contributed by atoms with Crippen molar-refractivity contribution < 1.29 is 0 Å². The van der Waals surface area contributed by atoms with Gasteiger partial charge in [-0.15, -0.1) is 11.3 Å². The molecule has 4 aromatic rings. The van der Waals surface area contributed by atoms with Gasteiger partial charge in [0.1, 0.15) is 5.69 Å². The number of aryl methyl sites for hydroxylation is 2. The van der Waals surface area contributed by atoms with E-state index < -0.39 is 0 Å². The quantitative estimate of drug-likeness (QED) is 0.562. The molecular weight excluding hydrogens is 280 g/mol. The minimum atomic E-state index is 0.898. The Morgan fingerprint density at radius 1 is 1.10 bits per heavy atom. The average molecular weight is 294 g/mol. The Morgan fingerprint density at radius 2 is 1.90 bits per heavy atom. The molecule has 0 saturated heterocycles. The summed E-state index contributed by atoms with van der Waals surface area (Å²) in [6, 6.07) is 10.3. The molecule has 0 radical (unpaired) electrons. The molecule has 4 heterocycles. The lowest BCUT2D eigenvalue weighted by atomic mass is 10.3. The number of nitrogens with zero attached hydrogens (tertiary/aromatic N) is 4. The lowest BCUT2D eigenvalue weighted by molar-refractivity contribution is 0.889. The summed E-state index contributed by atoms with van der Waals surface area (Å²) in [6.45, 7) is 4.07. The third kappa shape index (κ3) is 1.97. The first-order valence-corrected chi connectivity index (χ1v) is 7.65. The molecule has 0 atom stereocenters. The molecular formula is C16H14N4S. The van der Waals surface area contributed by atoms with Crippen LogP contribution < -0.4 is 0 Å². The van der Waals surface area contributed by atoms with Gasteiger partial charge in [0.2, 0.25) is 0 Å². The zero-order valence-corrected chi connectivity index (χ0v) is 12.6. The molecule has 4 aromatic heterocycles. The van der Waals surface area contributed by atoms with Gasteiger partial charge in [-0.05, 0) is 43.5 Å². The average Bonchev–Trinajstić information content (AvgIpc) is 3.17. The van der Waals surface area contributed by atoms with E-state index in [1.165, 1.54) is 0 Å². The van der Waals surface area contributed by atoms with E-state index in [0.717, 1.165) is 33.3 Å². The molecule has 0 aliphatic carbocycles. The zero-order valence-electron chi connectivity index (χ0n) is 11.8. The second kappa shape index (κ2) is 4.56. The highest BCUT2D eigenvalue weighted by Crippen LogP contribution is 2.32. The number of rotatable bonds is 2. The van der Waals surface area contributed by atoms with Gasteiger partial charge in [0.05, 0.1) is 10.6 Å². The molecule has 0 fully saturated rings. The standard InChI is InChI=1S/C16H14N4S/c1-11-9-12(2)20-15(17-11)10-13(18-20)16-14(5-8-21-16)19-6-3-4-7-19/h3-10H,1-2H3. The highest BCUT2D eigenvalue weighted by Gasteiger charge is 2.13. The lowest BCUT2D eigenvalue weighted by Gasteiger charge is -2.02. The fraction of sp³-hybridized carbons (Fsp3) is 0.125. The van der Waals surface area contributed by atoms with Crippen molar-refractivity contribution in [3.05, 3.63) is 59.5 Å². The molecule has 0 bridgehead atoms. The predicted molar refractivity (Wildman–Crippen MR) is 85.1 cm³/mol. The molecule has 104 valence electrons. The topological polar surface area (TPSA) is 35.1 Å². The van der Waals surface area contributed by atoms with Crippen LogP contribution >= 0.6 is 11.3 Å². The molecule has 0 amide bonds. The summed E-state index contributed by atoms with van der Waals surface area (Å²) in [5.74, 6) is 0. The van der Waals surface area contributed by atoms with Crippen LogP contribution in [-0.2, 0) is 0 Å². The van der Waals surface area contributed by atoms with Gasteiger partial charge in [0.25, 0.3) is 0 Å². The Labute approximate surface area is 126 Å². The molecule has 4 nitrogen and oxygen atoms in total. The molecule has 0 unspecified atom stereocenters. The van der Waals surface area contributed by atoms with Crippen molar-refractivity contribution >= 4 is 17.0 Å². The molecule has 0 saturated carbocycles. The van der Waals surface area contributed by atoms with Crippen molar-refractivity contribution in [3.8, 4) is 16.3 Å². The van der Waals surface area contributed by atoms with Gasteiger partial charge in [-0.1, -0.05) is 0 Å². The SMILES string of the molecule is Cc1cc(C)n2nc(-c3sccc3-n3cccc3)cc2n1. The summed E-state index contributed by atoms with van der Waals surface area (Å²) in [5.41, 5.74) is 5.14. The molecule has 0 spiro atoms. The van der Waals surface area contributed by atoms with Crippen LogP contribution in [-0.4, -0.2) is 19.2 Å². The van der Waals surface area contributed by atoms with Gasteiger partial charge in [0.15, 0.2) is 5.65 Å². The van der Waals surface area contributed by atoms with E-state index in [0.29, 0.717) is 0 Å². The summed E-state index contributed by atoms with van der Waals surface area (Å²) in [7, 11) is 0. The van der Waals surface area contributed by atoms with E-state index in [-0.39, 0.29) is 0 Å². The predicted octanol–water partition coefficient (Wildman–Crippen LogP) is 3.87. The third-order valence-electron chi connectivity index (χ3n) is 3.49. The number of fused-ring (bicyclic) bond motifs is 1. The van der Waals surface area contributed by atoms with Gasteiger partial charge in [-0.3, -0.25) is 0 Å². The summed E-state index contributed by atoms with van der Waals surface area (Å²) in [6.07, 6.45) is 4.10. The second-order valence-corrected chi connectivity index (χ2v) is 5.98. The molecule has 0 aliphatic heterocycles. The Balaban J connectivity index is 1.92. The first kappa shape index (κ1) is 12.3. The minimum absolute atomic E-state index is 0.898. The van der Waals surface area contributed by atoms with Crippen LogP contribution in [0.4, 0.5) is 0 Å². The molecule has 0 N–H and O–H groups in total. The van der Waals surface area contributed by atoms with Crippen LogP contribution in [0.25, 0.3) is 21.9 Å². The van der Waals surface area contributed by atoms with Crippen molar-refractivity contribution in [2.45, 2.75) is 13.8 Å². The number of hydrogen-bond donors (Lipinski definition) is 0. The fourth-order valence-corrected chi connectivity index (χ4v) is 3.44. The largest absolute Gasteiger partial charge is 0.322 e. The summed E-state index contributed by atoms with van der Waals surface area (Å²) < 4.78 is 4.02. The van der Waals surface area contributed by atoms with Crippen LogP contribution in [0, 0.1) is 13.8 Å². The lowest BCUT2D eigenvalue weighted by Crippen LogP contribution is -1.97. The minimum Gasteiger partial charge on any atom is -0.322 e. The number of hydrogen-bond acceptors (Lipinski definition) is 3. The van der Waals surface area contributed by atoms with Crippen LogP contribution in [0.15, 0.2) is 48.1 Å². The molecule has 0 aliphatic rings. The van der Waals surface area contributed by atoms with Gasteiger partial charge in [-0.2, -0.15) is 5.10 Å². The van der Waals surface area contributed by atoms with E-state index in [1.54, 1.807) is 11.3 Å². The van der Waals surface area contributed by atoms with Crippen molar-refractivity contribution in [3.63, 3.8) is 0 Å². The van der Waals surface area contributed by atoms with E-state index in [1.807, 2.05) is 29.6 Å².